The highest BCUT2D eigenvalue weighted by Gasteiger charge is 2.19. The van der Waals surface area contributed by atoms with E-state index in [-0.39, 0.29) is 24.3 Å². The standard InChI is InChI=1S/C10H13F2NO2/c1-15-10-6(8(14)4-5-13)2-3-7(11)9(10)12/h2-3,8,14H,4-5,13H2,1H3/t8-/m1/s1. The number of hydrogen-bond donors (Lipinski definition) is 2. The summed E-state index contributed by atoms with van der Waals surface area (Å²) in [5.74, 6) is -2.36. The Morgan fingerprint density at radius 3 is 2.67 bits per heavy atom. The highest BCUT2D eigenvalue weighted by atomic mass is 19.2. The van der Waals surface area contributed by atoms with Crippen LogP contribution in [0.15, 0.2) is 12.1 Å². The Bertz CT molecular complexity index is 344. The molecule has 0 aliphatic rings. The SMILES string of the molecule is COc1c([C@H](O)CCN)ccc(F)c1F. The van der Waals surface area contributed by atoms with Crippen LogP contribution < -0.4 is 10.5 Å². The first-order chi connectivity index (χ1) is 7.11. The number of benzene rings is 1. The van der Waals surface area contributed by atoms with E-state index in [0.717, 1.165) is 6.07 Å². The van der Waals surface area contributed by atoms with Crippen LogP contribution in [-0.2, 0) is 0 Å². The number of hydrogen-bond acceptors (Lipinski definition) is 3. The van der Waals surface area contributed by atoms with E-state index in [1.807, 2.05) is 0 Å². The number of rotatable bonds is 4. The van der Waals surface area contributed by atoms with Gasteiger partial charge >= 0.3 is 0 Å². The zero-order valence-corrected chi connectivity index (χ0v) is 8.34. The molecule has 3 N–H and O–H groups in total. The minimum Gasteiger partial charge on any atom is -0.493 e. The van der Waals surface area contributed by atoms with Crippen LogP contribution in [0.1, 0.15) is 18.1 Å². The molecule has 1 atom stereocenters. The molecule has 5 heteroatoms. The fourth-order valence-electron chi connectivity index (χ4n) is 1.33. The molecule has 1 aromatic carbocycles. The lowest BCUT2D eigenvalue weighted by Crippen LogP contribution is -2.09. The zero-order valence-electron chi connectivity index (χ0n) is 8.34. The highest BCUT2D eigenvalue weighted by Crippen LogP contribution is 2.30. The Labute approximate surface area is 86.5 Å². The maximum absolute atomic E-state index is 13.2. The van der Waals surface area contributed by atoms with Crippen LogP contribution in [0.3, 0.4) is 0 Å². The summed E-state index contributed by atoms with van der Waals surface area (Å²) in [5, 5.41) is 9.60. The van der Waals surface area contributed by atoms with E-state index in [9.17, 15) is 13.9 Å². The molecule has 0 aliphatic heterocycles. The van der Waals surface area contributed by atoms with Crippen molar-refractivity contribution < 1.29 is 18.6 Å². The van der Waals surface area contributed by atoms with Gasteiger partial charge in [0.25, 0.3) is 0 Å². The van der Waals surface area contributed by atoms with Crippen LogP contribution in [0, 0.1) is 11.6 Å². The summed E-state index contributed by atoms with van der Waals surface area (Å²) in [7, 11) is 1.22. The zero-order chi connectivity index (χ0) is 11.4. The fraction of sp³-hybridized carbons (Fsp3) is 0.400. The van der Waals surface area contributed by atoms with Crippen LogP contribution in [0.4, 0.5) is 8.78 Å². The van der Waals surface area contributed by atoms with Crippen molar-refractivity contribution in [2.24, 2.45) is 5.73 Å². The second-order valence-corrected chi connectivity index (χ2v) is 3.08. The van der Waals surface area contributed by atoms with E-state index < -0.39 is 17.7 Å². The predicted octanol–water partition coefficient (Wildman–Crippen LogP) is 1.36. The quantitative estimate of drug-likeness (QED) is 0.800. The van der Waals surface area contributed by atoms with E-state index in [1.165, 1.54) is 13.2 Å². The van der Waals surface area contributed by atoms with Gasteiger partial charge in [0, 0.05) is 5.56 Å². The Morgan fingerprint density at radius 1 is 1.47 bits per heavy atom. The van der Waals surface area contributed by atoms with Crippen LogP contribution >= 0.6 is 0 Å². The molecule has 0 heterocycles. The molecule has 0 aromatic heterocycles. The van der Waals surface area contributed by atoms with Crippen molar-refractivity contribution in [1.29, 1.82) is 0 Å². The first-order valence-corrected chi connectivity index (χ1v) is 4.51. The first-order valence-electron chi connectivity index (χ1n) is 4.51. The monoisotopic (exact) mass is 217 g/mol. The molecule has 0 fully saturated rings. The fourth-order valence-corrected chi connectivity index (χ4v) is 1.33. The Balaban J connectivity index is 3.12. The molecule has 0 saturated heterocycles. The molecule has 0 amide bonds. The van der Waals surface area contributed by atoms with Gasteiger partial charge in [-0.1, -0.05) is 0 Å². The number of aliphatic hydroxyl groups excluding tert-OH is 1. The molecule has 3 nitrogen and oxygen atoms in total. The van der Waals surface area contributed by atoms with E-state index in [4.69, 9.17) is 10.5 Å². The van der Waals surface area contributed by atoms with E-state index in [1.54, 1.807) is 0 Å². The van der Waals surface area contributed by atoms with Crippen LogP contribution in [0.25, 0.3) is 0 Å². The van der Waals surface area contributed by atoms with Crippen LogP contribution in [0.2, 0.25) is 0 Å². The van der Waals surface area contributed by atoms with E-state index in [2.05, 4.69) is 0 Å². The molecule has 0 bridgehead atoms. The Kier molecular flexibility index (Phi) is 3.99. The summed E-state index contributed by atoms with van der Waals surface area (Å²) in [4.78, 5) is 0. The predicted molar refractivity (Wildman–Crippen MR) is 51.5 cm³/mol. The maximum Gasteiger partial charge on any atom is 0.200 e. The van der Waals surface area contributed by atoms with Gasteiger partial charge in [-0.3, -0.25) is 0 Å². The topological polar surface area (TPSA) is 55.5 Å². The number of methoxy groups -OCH3 is 1. The van der Waals surface area contributed by atoms with Crippen molar-refractivity contribution in [2.45, 2.75) is 12.5 Å². The lowest BCUT2D eigenvalue weighted by Gasteiger charge is -2.14. The van der Waals surface area contributed by atoms with Gasteiger partial charge in [-0.2, -0.15) is 4.39 Å². The lowest BCUT2D eigenvalue weighted by molar-refractivity contribution is 0.164. The Hall–Kier alpha value is -1.20. The summed E-state index contributed by atoms with van der Waals surface area (Å²) in [6, 6.07) is 2.24. The molecular weight excluding hydrogens is 204 g/mol. The van der Waals surface area contributed by atoms with Crippen molar-refractivity contribution in [2.75, 3.05) is 13.7 Å². The van der Waals surface area contributed by atoms with Gasteiger partial charge in [-0.05, 0) is 25.1 Å². The number of aliphatic hydroxyl groups is 1. The molecule has 0 aliphatic carbocycles. The minimum absolute atomic E-state index is 0.210. The third-order valence-corrected chi connectivity index (χ3v) is 2.08. The van der Waals surface area contributed by atoms with Crippen molar-refractivity contribution >= 4 is 0 Å². The normalized spacial score (nSPS) is 12.6. The molecule has 1 aromatic rings. The largest absolute Gasteiger partial charge is 0.493 e. The first kappa shape index (κ1) is 11.9. The third kappa shape index (κ3) is 2.43. The van der Waals surface area contributed by atoms with Crippen molar-refractivity contribution in [3.8, 4) is 5.75 Å². The van der Waals surface area contributed by atoms with Crippen LogP contribution in [-0.4, -0.2) is 18.8 Å². The van der Waals surface area contributed by atoms with E-state index in [0.29, 0.717) is 0 Å². The summed E-state index contributed by atoms with van der Waals surface area (Å²) >= 11 is 0. The second kappa shape index (κ2) is 5.04. The molecular formula is C10H13F2NO2. The number of nitrogens with two attached hydrogens (primary N) is 1. The summed E-state index contributed by atoms with van der Waals surface area (Å²) < 4.78 is 30.8. The third-order valence-electron chi connectivity index (χ3n) is 2.08. The van der Waals surface area contributed by atoms with Crippen molar-refractivity contribution in [1.82, 2.24) is 0 Å². The average Bonchev–Trinajstić information content (AvgIpc) is 2.22. The van der Waals surface area contributed by atoms with Gasteiger partial charge < -0.3 is 15.6 Å². The molecule has 15 heavy (non-hydrogen) atoms. The van der Waals surface area contributed by atoms with E-state index >= 15 is 0 Å². The lowest BCUT2D eigenvalue weighted by atomic mass is 10.1. The molecule has 0 radical (unpaired) electrons. The van der Waals surface area contributed by atoms with Gasteiger partial charge in [-0.15, -0.1) is 0 Å². The maximum atomic E-state index is 13.2. The Morgan fingerprint density at radius 2 is 2.13 bits per heavy atom. The molecule has 0 spiro atoms. The van der Waals surface area contributed by atoms with Gasteiger partial charge in [0.1, 0.15) is 0 Å². The minimum atomic E-state index is -1.09. The molecule has 0 unspecified atom stereocenters. The van der Waals surface area contributed by atoms with Crippen molar-refractivity contribution in [3.63, 3.8) is 0 Å². The van der Waals surface area contributed by atoms with Gasteiger partial charge in [0.05, 0.1) is 13.2 Å². The van der Waals surface area contributed by atoms with Gasteiger partial charge in [-0.25, -0.2) is 4.39 Å². The summed E-state index contributed by atoms with van der Waals surface area (Å²) in [6.45, 7) is 0.253. The summed E-state index contributed by atoms with van der Waals surface area (Å²) in [5.41, 5.74) is 5.47. The van der Waals surface area contributed by atoms with Gasteiger partial charge in [0.15, 0.2) is 11.6 Å². The highest BCUT2D eigenvalue weighted by molar-refractivity contribution is 5.37. The number of ether oxygens (including phenoxy) is 1. The van der Waals surface area contributed by atoms with Gasteiger partial charge in [0.2, 0.25) is 5.82 Å². The summed E-state index contributed by atoms with van der Waals surface area (Å²) in [6.07, 6.45) is -0.679. The van der Waals surface area contributed by atoms with Crippen molar-refractivity contribution in [3.05, 3.63) is 29.3 Å². The average molecular weight is 217 g/mol. The van der Waals surface area contributed by atoms with Crippen LogP contribution in [0.5, 0.6) is 5.75 Å². The molecule has 84 valence electrons. The smallest absolute Gasteiger partial charge is 0.200 e. The number of halogens is 2. The molecule has 0 saturated carbocycles. The second-order valence-electron chi connectivity index (χ2n) is 3.08. The molecule has 1 rings (SSSR count).